The molecule has 2 nitrogen and oxygen atoms in total. The highest BCUT2D eigenvalue weighted by atomic mass is 35.5. The predicted molar refractivity (Wildman–Crippen MR) is 83.1 cm³/mol. The highest BCUT2D eigenvalue weighted by Crippen LogP contribution is 2.25. The molecule has 1 amide bonds. The van der Waals surface area contributed by atoms with Gasteiger partial charge in [-0.1, -0.05) is 62.2 Å². The number of nitrogens with one attached hydrogen (secondary N) is 1. The van der Waals surface area contributed by atoms with E-state index in [4.69, 9.17) is 23.2 Å². The molecule has 0 saturated heterocycles. The Morgan fingerprint density at radius 3 is 2.53 bits per heavy atom. The monoisotopic (exact) mass is 301 g/mol. The molecule has 1 N–H and O–H groups in total. The maximum Gasteiger partial charge on any atom is 0.224 e. The summed E-state index contributed by atoms with van der Waals surface area (Å²) in [6, 6.07) is 5.06. The largest absolute Gasteiger partial charge is 0.325 e. The van der Waals surface area contributed by atoms with Crippen LogP contribution in [0.15, 0.2) is 18.2 Å². The van der Waals surface area contributed by atoms with Crippen molar-refractivity contribution in [2.75, 3.05) is 5.32 Å². The molecule has 0 unspecified atom stereocenters. The molecule has 0 aliphatic carbocycles. The third kappa shape index (κ3) is 6.84. The number of rotatable bonds is 8. The minimum atomic E-state index is -0.000316. The number of amides is 1. The van der Waals surface area contributed by atoms with Crippen molar-refractivity contribution in [1.29, 1.82) is 0 Å². The summed E-state index contributed by atoms with van der Waals surface area (Å²) in [6.07, 6.45) is 7.56. The van der Waals surface area contributed by atoms with Gasteiger partial charge < -0.3 is 5.32 Å². The first-order chi connectivity index (χ1) is 9.13. The molecule has 4 heteroatoms. The fraction of sp³-hybridized carbons (Fsp3) is 0.533. The van der Waals surface area contributed by atoms with Gasteiger partial charge in [0.1, 0.15) is 0 Å². The van der Waals surface area contributed by atoms with Crippen LogP contribution < -0.4 is 5.32 Å². The molecule has 0 heterocycles. The molecule has 1 aromatic rings. The first-order valence-corrected chi connectivity index (χ1v) is 7.64. The SMILES string of the molecule is CCCCCCCCC(=O)Nc1cc(Cl)ccc1Cl. The van der Waals surface area contributed by atoms with Crippen molar-refractivity contribution >= 4 is 34.8 Å². The van der Waals surface area contributed by atoms with E-state index in [1.54, 1.807) is 18.2 Å². The highest BCUT2D eigenvalue weighted by molar-refractivity contribution is 6.35. The highest BCUT2D eigenvalue weighted by Gasteiger charge is 2.06. The Labute approximate surface area is 125 Å². The maximum atomic E-state index is 11.8. The van der Waals surface area contributed by atoms with Gasteiger partial charge in [-0.3, -0.25) is 4.79 Å². The second-order valence-electron chi connectivity index (χ2n) is 4.69. The summed E-state index contributed by atoms with van der Waals surface area (Å²) < 4.78 is 0. The number of benzene rings is 1. The first-order valence-electron chi connectivity index (χ1n) is 6.88. The summed E-state index contributed by atoms with van der Waals surface area (Å²) >= 11 is 11.9. The lowest BCUT2D eigenvalue weighted by molar-refractivity contribution is -0.116. The van der Waals surface area contributed by atoms with Gasteiger partial charge in [-0.05, 0) is 24.6 Å². The molecule has 1 aromatic carbocycles. The van der Waals surface area contributed by atoms with E-state index in [2.05, 4.69) is 12.2 Å². The molecule has 106 valence electrons. The summed E-state index contributed by atoms with van der Waals surface area (Å²) in [5.41, 5.74) is 0.588. The summed E-state index contributed by atoms with van der Waals surface area (Å²) in [4.78, 5) is 11.8. The van der Waals surface area contributed by atoms with Gasteiger partial charge >= 0.3 is 0 Å². The van der Waals surface area contributed by atoms with Crippen LogP contribution in [0.1, 0.15) is 51.9 Å². The number of carbonyl (C=O) groups excluding carboxylic acids is 1. The molecule has 0 fully saturated rings. The molecule has 0 aromatic heterocycles. The van der Waals surface area contributed by atoms with Crippen LogP contribution in [0.25, 0.3) is 0 Å². The van der Waals surface area contributed by atoms with E-state index in [9.17, 15) is 4.79 Å². The Morgan fingerprint density at radius 2 is 1.79 bits per heavy atom. The van der Waals surface area contributed by atoms with Crippen LogP contribution in [0.5, 0.6) is 0 Å². The van der Waals surface area contributed by atoms with Gasteiger partial charge in [-0.15, -0.1) is 0 Å². The van der Waals surface area contributed by atoms with Gasteiger partial charge in [0.25, 0.3) is 0 Å². The number of carbonyl (C=O) groups is 1. The number of anilines is 1. The average molecular weight is 302 g/mol. The third-order valence-corrected chi connectivity index (χ3v) is 3.52. The molecule has 1 rings (SSSR count). The van der Waals surface area contributed by atoms with Gasteiger partial charge in [-0.25, -0.2) is 0 Å². The van der Waals surface area contributed by atoms with Gasteiger partial charge in [0, 0.05) is 11.4 Å². The summed E-state index contributed by atoms with van der Waals surface area (Å²) in [7, 11) is 0. The number of halogens is 2. The topological polar surface area (TPSA) is 29.1 Å². The van der Waals surface area contributed by atoms with Crippen LogP contribution in [0.4, 0.5) is 5.69 Å². The van der Waals surface area contributed by atoms with Gasteiger partial charge in [-0.2, -0.15) is 0 Å². The second kappa shape index (κ2) is 9.22. The lowest BCUT2D eigenvalue weighted by Crippen LogP contribution is -2.11. The summed E-state index contributed by atoms with van der Waals surface area (Å²) in [6.45, 7) is 2.20. The van der Waals surface area contributed by atoms with Crippen LogP contribution in [-0.4, -0.2) is 5.91 Å². The zero-order valence-electron chi connectivity index (χ0n) is 11.3. The van der Waals surface area contributed by atoms with E-state index in [1.165, 1.54) is 25.7 Å². The smallest absolute Gasteiger partial charge is 0.224 e. The molecular formula is C15H21Cl2NO. The molecule has 0 bridgehead atoms. The molecule has 0 spiro atoms. The average Bonchev–Trinajstić information content (AvgIpc) is 2.38. The molecule has 0 aliphatic heterocycles. The Balaban J connectivity index is 2.25. The van der Waals surface area contributed by atoms with Crippen molar-refractivity contribution in [3.05, 3.63) is 28.2 Å². The van der Waals surface area contributed by atoms with Crippen LogP contribution >= 0.6 is 23.2 Å². The fourth-order valence-corrected chi connectivity index (χ4v) is 2.21. The normalized spacial score (nSPS) is 10.5. The number of hydrogen-bond acceptors (Lipinski definition) is 1. The van der Waals surface area contributed by atoms with E-state index in [0.29, 0.717) is 22.2 Å². The zero-order chi connectivity index (χ0) is 14.1. The zero-order valence-corrected chi connectivity index (χ0v) is 12.9. The molecular weight excluding hydrogens is 281 g/mol. The van der Waals surface area contributed by atoms with Crippen LogP contribution in [-0.2, 0) is 4.79 Å². The minimum absolute atomic E-state index is 0.000316. The minimum Gasteiger partial charge on any atom is -0.325 e. The van der Waals surface area contributed by atoms with Gasteiger partial charge in [0.05, 0.1) is 10.7 Å². The molecule has 0 saturated carbocycles. The Kier molecular flexibility index (Phi) is 7.92. The van der Waals surface area contributed by atoms with Gasteiger partial charge in [0.2, 0.25) is 5.91 Å². The molecule has 0 aliphatic rings. The van der Waals surface area contributed by atoms with E-state index < -0.39 is 0 Å². The Hall–Kier alpha value is -0.730. The van der Waals surface area contributed by atoms with E-state index in [1.807, 2.05) is 0 Å². The third-order valence-electron chi connectivity index (χ3n) is 2.96. The standard InChI is InChI=1S/C15H21Cl2NO/c1-2-3-4-5-6-7-8-15(19)18-14-11-12(16)9-10-13(14)17/h9-11H,2-8H2,1H3,(H,18,19). The van der Waals surface area contributed by atoms with E-state index in [-0.39, 0.29) is 5.91 Å². The number of unbranched alkanes of at least 4 members (excludes halogenated alkanes) is 5. The van der Waals surface area contributed by atoms with Crippen molar-refractivity contribution in [2.45, 2.75) is 51.9 Å². The number of hydrogen-bond donors (Lipinski definition) is 1. The van der Waals surface area contributed by atoms with Crippen LogP contribution in [0.2, 0.25) is 10.0 Å². The van der Waals surface area contributed by atoms with Crippen LogP contribution in [0.3, 0.4) is 0 Å². The van der Waals surface area contributed by atoms with Crippen molar-refractivity contribution in [1.82, 2.24) is 0 Å². The van der Waals surface area contributed by atoms with Crippen molar-refractivity contribution in [2.24, 2.45) is 0 Å². The van der Waals surface area contributed by atoms with Crippen molar-refractivity contribution in [3.8, 4) is 0 Å². The Bertz CT molecular complexity index is 407. The molecule has 0 radical (unpaired) electrons. The van der Waals surface area contributed by atoms with Crippen molar-refractivity contribution < 1.29 is 4.79 Å². The quantitative estimate of drug-likeness (QED) is 0.615. The Morgan fingerprint density at radius 1 is 1.11 bits per heavy atom. The summed E-state index contributed by atoms with van der Waals surface area (Å²) in [5.74, 6) is -0.000316. The maximum absolute atomic E-state index is 11.8. The lowest BCUT2D eigenvalue weighted by atomic mass is 10.1. The first kappa shape index (κ1) is 16.3. The molecule has 0 atom stereocenters. The molecule has 19 heavy (non-hydrogen) atoms. The summed E-state index contributed by atoms with van der Waals surface area (Å²) in [5, 5.41) is 3.88. The van der Waals surface area contributed by atoms with E-state index in [0.717, 1.165) is 12.8 Å². The predicted octanol–water partition coefficient (Wildman–Crippen LogP) is 5.68. The van der Waals surface area contributed by atoms with E-state index >= 15 is 0 Å². The lowest BCUT2D eigenvalue weighted by Gasteiger charge is -2.07. The fourth-order valence-electron chi connectivity index (χ4n) is 1.87. The van der Waals surface area contributed by atoms with Crippen LogP contribution in [0, 0.1) is 0 Å². The van der Waals surface area contributed by atoms with Gasteiger partial charge in [0.15, 0.2) is 0 Å². The van der Waals surface area contributed by atoms with Crippen molar-refractivity contribution in [3.63, 3.8) is 0 Å². The second-order valence-corrected chi connectivity index (χ2v) is 5.53.